The van der Waals surface area contributed by atoms with Crippen molar-refractivity contribution in [3.63, 3.8) is 0 Å². The normalized spacial score (nSPS) is 18.4. The summed E-state index contributed by atoms with van der Waals surface area (Å²) in [6, 6.07) is 12.0. The number of hydrogen-bond donors (Lipinski definition) is 2. The smallest absolute Gasteiger partial charge is 0.131 e. The van der Waals surface area contributed by atoms with Crippen molar-refractivity contribution in [1.29, 1.82) is 0 Å². The maximum Gasteiger partial charge on any atom is 0.131 e. The van der Waals surface area contributed by atoms with Crippen LogP contribution in [0.5, 0.6) is 11.5 Å². The molecule has 2 aromatic carbocycles. The minimum Gasteiger partial charge on any atom is -0.508 e. The van der Waals surface area contributed by atoms with E-state index in [1.165, 1.54) is 6.07 Å². The molecule has 0 fully saturated rings. The van der Waals surface area contributed by atoms with E-state index in [1.54, 1.807) is 6.07 Å². The topological polar surface area (TPSA) is 41.5 Å². The predicted molar refractivity (Wildman–Crippen MR) is 74.3 cm³/mol. The molecule has 3 nitrogen and oxygen atoms in total. The molecule has 1 aliphatic rings. The molecular weight excluding hydrogens is 257 g/mol. The van der Waals surface area contributed by atoms with Gasteiger partial charge < -0.3 is 15.2 Å². The van der Waals surface area contributed by atoms with Gasteiger partial charge in [-0.25, -0.2) is 4.39 Å². The summed E-state index contributed by atoms with van der Waals surface area (Å²) in [6.07, 6.45) is 0. The Balaban J connectivity index is 1.79. The van der Waals surface area contributed by atoms with Gasteiger partial charge in [-0.05, 0) is 19.1 Å². The summed E-state index contributed by atoms with van der Waals surface area (Å²) in [4.78, 5) is 0. The molecule has 2 unspecified atom stereocenters. The van der Waals surface area contributed by atoms with E-state index in [2.05, 4.69) is 5.32 Å². The van der Waals surface area contributed by atoms with Crippen LogP contribution in [0.3, 0.4) is 0 Å². The standard InChI is InChI=1S/C16H16FNO2/c1-10(12-7-6-11(19)8-14(12)17)18-15-9-20-16-5-3-2-4-13(15)16/h2-8,10,15,18-19H,9H2,1H3. The molecule has 0 amide bonds. The fourth-order valence-electron chi connectivity index (χ4n) is 2.56. The molecule has 4 heteroatoms. The lowest BCUT2D eigenvalue weighted by molar-refractivity contribution is 0.299. The van der Waals surface area contributed by atoms with Gasteiger partial charge in [-0.1, -0.05) is 24.3 Å². The maximum absolute atomic E-state index is 13.8. The molecule has 0 saturated heterocycles. The molecule has 2 aromatic rings. The van der Waals surface area contributed by atoms with E-state index in [0.29, 0.717) is 12.2 Å². The lowest BCUT2D eigenvalue weighted by Gasteiger charge is -2.19. The molecular formula is C16H16FNO2. The molecule has 0 aliphatic carbocycles. The molecule has 2 atom stereocenters. The maximum atomic E-state index is 13.8. The summed E-state index contributed by atoms with van der Waals surface area (Å²) in [5.74, 6) is 0.411. The molecule has 1 aliphatic heterocycles. The van der Waals surface area contributed by atoms with Crippen molar-refractivity contribution in [3.05, 3.63) is 59.4 Å². The van der Waals surface area contributed by atoms with Gasteiger partial charge in [0.1, 0.15) is 23.9 Å². The van der Waals surface area contributed by atoms with Crippen molar-refractivity contribution < 1.29 is 14.2 Å². The third-order valence-electron chi connectivity index (χ3n) is 3.60. The van der Waals surface area contributed by atoms with Gasteiger partial charge in [0.25, 0.3) is 0 Å². The van der Waals surface area contributed by atoms with Crippen LogP contribution in [-0.2, 0) is 0 Å². The average molecular weight is 273 g/mol. The van der Waals surface area contributed by atoms with E-state index in [1.807, 2.05) is 31.2 Å². The second-order valence-electron chi connectivity index (χ2n) is 5.00. The van der Waals surface area contributed by atoms with Crippen molar-refractivity contribution in [2.45, 2.75) is 19.0 Å². The number of rotatable bonds is 3. The molecule has 0 spiro atoms. The molecule has 1 heterocycles. The third kappa shape index (κ3) is 2.34. The first-order valence-electron chi connectivity index (χ1n) is 6.61. The third-order valence-corrected chi connectivity index (χ3v) is 3.60. The zero-order valence-electron chi connectivity index (χ0n) is 11.1. The molecule has 0 radical (unpaired) electrons. The molecule has 0 aromatic heterocycles. The van der Waals surface area contributed by atoms with Crippen LogP contribution in [0.1, 0.15) is 30.1 Å². The quantitative estimate of drug-likeness (QED) is 0.901. The minimum atomic E-state index is -0.405. The lowest BCUT2D eigenvalue weighted by atomic mass is 10.0. The first kappa shape index (κ1) is 12.9. The molecule has 0 saturated carbocycles. The average Bonchev–Trinajstić information content (AvgIpc) is 2.82. The molecule has 104 valence electrons. The number of halogens is 1. The Morgan fingerprint density at radius 1 is 1.30 bits per heavy atom. The highest BCUT2D eigenvalue weighted by molar-refractivity contribution is 5.39. The largest absolute Gasteiger partial charge is 0.508 e. The first-order chi connectivity index (χ1) is 9.65. The number of benzene rings is 2. The Bertz CT molecular complexity index is 630. The van der Waals surface area contributed by atoms with Crippen LogP contribution in [0.15, 0.2) is 42.5 Å². The summed E-state index contributed by atoms with van der Waals surface area (Å²) in [6.45, 7) is 2.44. The number of ether oxygens (including phenoxy) is 1. The second-order valence-corrected chi connectivity index (χ2v) is 5.00. The van der Waals surface area contributed by atoms with Crippen molar-refractivity contribution in [2.24, 2.45) is 0 Å². The van der Waals surface area contributed by atoms with E-state index in [9.17, 15) is 9.50 Å². The Labute approximate surface area is 117 Å². The van der Waals surface area contributed by atoms with Crippen LogP contribution in [0, 0.1) is 5.82 Å². The molecule has 2 N–H and O–H groups in total. The van der Waals surface area contributed by atoms with Gasteiger partial charge in [0, 0.05) is 23.2 Å². The number of para-hydroxylation sites is 1. The van der Waals surface area contributed by atoms with E-state index < -0.39 is 5.82 Å². The summed E-state index contributed by atoms with van der Waals surface area (Å²) in [5, 5.41) is 12.6. The van der Waals surface area contributed by atoms with Crippen LogP contribution >= 0.6 is 0 Å². The summed E-state index contributed by atoms with van der Waals surface area (Å²) in [5.41, 5.74) is 1.63. The van der Waals surface area contributed by atoms with E-state index in [0.717, 1.165) is 17.4 Å². The van der Waals surface area contributed by atoms with Crippen molar-refractivity contribution in [2.75, 3.05) is 6.61 Å². The minimum absolute atomic E-state index is 0.0504. The first-order valence-corrected chi connectivity index (χ1v) is 6.61. The van der Waals surface area contributed by atoms with Gasteiger partial charge in [0.05, 0.1) is 6.04 Å². The van der Waals surface area contributed by atoms with Crippen LogP contribution in [0.4, 0.5) is 4.39 Å². The number of aromatic hydroxyl groups is 1. The Morgan fingerprint density at radius 3 is 2.90 bits per heavy atom. The number of phenols is 1. The fourth-order valence-corrected chi connectivity index (χ4v) is 2.56. The molecule has 20 heavy (non-hydrogen) atoms. The molecule has 0 bridgehead atoms. The van der Waals surface area contributed by atoms with Crippen LogP contribution in [-0.4, -0.2) is 11.7 Å². The zero-order chi connectivity index (χ0) is 14.1. The van der Waals surface area contributed by atoms with Crippen molar-refractivity contribution in [1.82, 2.24) is 5.32 Å². The van der Waals surface area contributed by atoms with E-state index in [4.69, 9.17) is 4.74 Å². The highest BCUT2D eigenvalue weighted by atomic mass is 19.1. The Kier molecular flexibility index (Phi) is 3.32. The summed E-state index contributed by atoms with van der Waals surface area (Å²) < 4.78 is 19.4. The predicted octanol–water partition coefficient (Wildman–Crippen LogP) is 3.32. The monoisotopic (exact) mass is 273 g/mol. The van der Waals surface area contributed by atoms with Crippen LogP contribution < -0.4 is 10.1 Å². The summed E-state index contributed by atoms with van der Waals surface area (Å²) >= 11 is 0. The molecule has 3 rings (SSSR count). The van der Waals surface area contributed by atoms with Gasteiger partial charge in [0.2, 0.25) is 0 Å². The lowest BCUT2D eigenvalue weighted by Crippen LogP contribution is -2.26. The van der Waals surface area contributed by atoms with Crippen LogP contribution in [0.25, 0.3) is 0 Å². The van der Waals surface area contributed by atoms with Crippen molar-refractivity contribution in [3.8, 4) is 11.5 Å². The van der Waals surface area contributed by atoms with Gasteiger partial charge in [0.15, 0.2) is 0 Å². The van der Waals surface area contributed by atoms with E-state index >= 15 is 0 Å². The highest BCUT2D eigenvalue weighted by Crippen LogP contribution is 2.33. The zero-order valence-corrected chi connectivity index (χ0v) is 11.1. The number of nitrogens with one attached hydrogen (secondary N) is 1. The Hall–Kier alpha value is -2.07. The van der Waals surface area contributed by atoms with Gasteiger partial charge >= 0.3 is 0 Å². The van der Waals surface area contributed by atoms with Crippen LogP contribution in [0.2, 0.25) is 0 Å². The number of fused-ring (bicyclic) bond motifs is 1. The number of hydrogen-bond acceptors (Lipinski definition) is 3. The Morgan fingerprint density at radius 2 is 2.10 bits per heavy atom. The van der Waals surface area contributed by atoms with Gasteiger partial charge in [-0.3, -0.25) is 0 Å². The summed E-state index contributed by atoms with van der Waals surface area (Å²) in [7, 11) is 0. The van der Waals surface area contributed by atoms with Gasteiger partial charge in [-0.2, -0.15) is 0 Å². The van der Waals surface area contributed by atoms with E-state index in [-0.39, 0.29) is 17.8 Å². The second kappa shape index (κ2) is 5.13. The SMILES string of the molecule is CC(NC1COc2ccccc21)c1ccc(O)cc1F. The fraction of sp³-hybridized carbons (Fsp3) is 0.250. The van der Waals surface area contributed by atoms with Crippen molar-refractivity contribution >= 4 is 0 Å². The highest BCUT2D eigenvalue weighted by Gasteiger charge is 2.25. The van der Waals surface area contributed by atoms with Gasteiger partial charge in [-0.15, -0.1) is 0 Å². The number of phenolic OH excluding ortho intramolecular Hbond substituents is 1.